The fourth-order valence-corrected chi connectivity index (χ4v) is 15.6. The molecule has 1 nitrogen and oxygen atoms in total. The summed E-state index contributed by atoms with van der Waals surface area (Å²) >= 11 is 0. The molecule has 0 aliphatic rings. The van der Waals surface area contributed by atoms with Crippen molar-refractivity contribution in [2.75, 3.05) is 12.8 Å². The summed E-state index contributed by atoms with van der Waals surface area (Å²) < 4.78 is 22.7. The Morgan fingerprint density at radius 1 is 0.609 bits per heavy atom. The van der Waals surface area contributed by atoms with Gasteiger partial charge in [-0.2, -0.15) is 0 Å². The smallest absolute Gasteiger partial charge is 0.261 e. The van der Waals surface area contributed by atoms with Gasteiger partial charge in [-0.25, -0.2) is 4.39 Å². The molecule has 0 aliphatic heterocycles. The highest BCUT2D eigenvalue weighted by molar-refractivity contribution is 7.95. The van der Waals surface area contributed by atoms with Gasteiger partial charge >= 0.3 is 0 Å². The van der Waals surface area contributed by atoms with Gasteiger partial charge in [-0.3, -0.25) is 0 Å². The van der Waals surface area contributed by atoms with Gasteiger partial charge < -0.3 is 4.43 Å². The molecule has 5 rings (SSSR count). The Kier molecular flexibility index (Phi) is 11.6. The summed E-state index contributed by atoms with van der Waals surface area (Å²) in [6.07, 6.45) is 5.49. The van der Waals surface area contributed by atoms with E-state index in [2.05, 4.69) is 172 Å². The Bertz CT molecular complexity index is 1500. The second-order valence-corrected chi connectivity index (χ2v) is 20.9. The van der Waals surface area contributed by atoms with E-state index in [-0.39, 0.29) is 10.9 Å². The van der Waals surface area contributed by atoms with Gasteiger partial charge in [0.1, 0.15) is 23.2 Å². The SMILES string of the molecule is CC(C)(C)[Si](OCCCCC=C(F)CC[P+](c1ccccc1)(c1ccccc1)c1ccccc1)(c1ccccc1)c1ccccc1. The lowest BCUT2D eigenvalue weighted by Gasteiger charge is -2.43. The summed E-state index contributed by atoms with van der Waals surface area (Å²) in [6.45, 7) is 7.58. The zero-order chi connectivity index (χ0) is 32.3. The number of rotatable bonds is 14. The number of halogens is 1. The van der Waals surface area contributed by atoms with Crippen LogP contribution in [0.5, 0.6) is 0 Å². The van der Waals surface area contributed by atoms with E-state index in [1.807, 2.05) is 6.08 Å². The highest BCUT2D eigenvalue weighted by Crippen LogP contribution is 2.56. The van der Waals surface area contributed by atoms with Gasteiger partial charge in [-0.05, 0) is 71.1 Å². The molecular formula is C42H47FOPSi+. The van der Waals surface area contributed by atoms with Crippen LogP contribution in [0.1, 0.15) is 46.5 Å². The van der Waals surface area contributed by atoms with Gasteiger partial charge in [0.05, 0.1) is 12.0 Å². The zero-order valence-corrected chi connectivity index (χ0v) is 29.4. The van der Waals surface area contributed by atoms with Gasteiger partial charge in [0.15, 0.2) is 0 Å². The fourth-order valence-electron chi connectivity index (χ4n) is 6.75. The van der Waals surface area contributed by atoms with Gasteiger partial charge in [0.2, 0.25) is 0 Å². The van der Waals surface area contributed by atoms with Crippen molar-refractivity contribution in [2.24, 2.45) is 0 Å². The van der Waals surface area contributed by atoms with E-state index in [9.17, 15) is 0 Å². The fraction of sp³-hybridized carbons (Fsp3) is 0.238. The highest BCUT2D eigenvalue weighted by atomic mass is 31.2. The van der Waals surface area contributed by atoms with Crippen LogP contribution in [0.3, 0.4) is 0 Å². The van der Waals surface area contributed by atoms with Gasteiger partial charge in [0.25, 0.3) is 8.32 Å². The van der Waals surface area contributed by atoms with Crippen molar-refractivity contribution in [3.8, 4) is 0 Å². The highest BCUT2D eigenvalue weighted by Gasteiger charge is 2.50. The molecule has 0 spiro atoms. The number of benzene rings is 5. The summed E-state index contributed by atoms with van der Waals surface area (Å²) in [5.41, 5.74) is 0. The lowest BCUT2D eigenvalue weighted by molar-refractivity contribution is 0.288. The monoisotopic (exact) mass is 645 g/mol. The van der Waals surface area contributed by atoms with Crippen LogP contribution in [0.2, 0.25) is 5.04 Å². The maximum absolute atomic E-state index is 15.6. The summed E-state index contributed by atoms with van der Waals surface area (Å²) in [4.78, 5) is 0. The predicted molar refractivity (Wildman–Crippen MR) is 201 cm³/mol. The lowest BCUT2D eigenvalue weighted by Crippen LogP contribution is -2.66. The second kappa shape index (κ2) is 15.8. The van der Waals surface area contributed by atoms with Crippen molar-refractivity contribution < 1.29 is 8.82 Å². The molecule has 0 aliphatic carbocycles. The van der Waals surface area contributed by atoms with Gasteiger partial charge in [-0.1, -0.05) is 142 Å². The Morgan fingerprint density at radius 3 is 1.39 bits per heavy atom. The minimum Gasteiger partial charge on any atom is -0.407 e. The molecule has 0 atom stereocenters. The maximum atomic E-state index is 15.6. The molecule has 0 saturated carbocycles. The van der Waals surface area contributed by atoms with Gasteiger partial charge in [0, 0.05) is 13.0 Å². The largest absolute Gasteiger partial charge is 0.407 e. The minimum absolute atomic E-state index is 0.0138. The van der Waals surface area contributed by atoms with Crippen LogP contribution in [-0.2, 0) is 4.43 Å². The van der Waals surface area contributed by atoms with Gasteiger partial charge in [-0.15, -0.1) is 0 Å². The Labute approximate surface area is 277 Å². The lowest BCUT2D eigenvalue weighted by atomic mass is 10.2. The van der Waals surface area contributed by atoms with E-state index in [0.717, 1.165) is 19.0 Å². The van der Waals surface area contributed by atoms with E-state index in [1.54, 1.807) is 0 Å². The molecule has 4 heteroatoms. The normalized spacial score (nSPS) is 12.7. The summed E-state index contributed by atoms with van der Waals surface area (Å²) in [5.74, 6) is -0.0138. The second-order valence-electron chi connectivity index (χ2n) is 12.9. The van der Waals surface area contributed by atoms with Crippen molar-refractivity contribution >= 4 is 41.9 Å². The van der Waals surface area contributed by atoms with Crippen molar-refractivity contribution in [3.63, 3.8) is 0 Å². The maximum Gasteiger partial charge on any atom is 0.261 e. The molecule has 0 bridgehead atoms. The van der Waals surface area contributed by atoms with E-state index >= 15 is 4.39 Å². The molecule has 5 aromatic carbocycles. The molecule has 46 heavy (non-hydrogen) atoms. The van der Waals surface area contributed by atoms with Crippen LogP contribution in [0.15, 0.2) is 164 Å². The molecule has 5 aromatic rings. The average Bonchev–Trinajstić information content (AvgIpc) is 3.10. The zero-order valence-electron chi connectivity index (χ0n) is 27.5. The summed E-state index contributed by atoms with van der Waals surface area (Å²) in [5, 5.41) is 6.42. The van der Waals surface area contributed by atoms with Crippen molar-refractivity contribution in [2.45, 2.75) is 51.5 Å². The molecular weight excluding hydrogens is 599 g/mol. The van der Waals surface area contributed by atoms with Crippen LogP contribution in [0, 0.1) is 0 Å². The first-order chi connectivity index (χ1) is 22.4. The molecule has 0 amide bonds. The molecule has 0 saturated heterocycles. The van der Waals surface area contributed by atoms with Crippen LogP contribution in [0.25, 0.3) is 0 Å². The third-order valence-corrected chi connectivity index (χ3v) is 18.5. The van der Waals surface area contributed by atoms with E-state index in [0.29, 0.717) is 19.4 Å². The third-order valence-electron chi connectivity index (χ3n) is 8.98. The molecule has 0 fully saturated rings. The van der Waals surface area contributed by atoms with Crippen LogP contribution < -0.4 is 26.3 Å². The Morgan fingerprint density at radius 2 is 1.00 bits per heavy atom. The van der Waals surface area contributed by atoms with Crippen molar-refractivity contribution in [3.05, 3.63) is 164 Å². The first-order valence-electron chi connectivity index (χ1n) is 16.5. The summed E-state index contributed by atoms with van der Waals surface area (Å²) in [6, 6.07) is 53.7. The van der Waals surface area contributed by atoms with E-state index in [4.69, 9.17) is 4.43 Å². The molecule has 0 N–H and O–H groups in total. The van der Waals surface area contributed by atoms with Crippen LogP contribution >= 0.6 is 7.26 Å². The third kappa shape index (κ3) is 7.50. The standard InChI is InChI=1S/C42H47FOPSi/c1-42(2,3)46(40-29-17-7-18-30-40,41-31-19-8-20-32-41)44-34-21-9-10-22-36(43)33-35-45(37-23-11-4-12-24-37,38-25-13-5-14-26-38)39-27-15-6-16-28-39/h4-8,11-20,22-32H,9-10,21,33-35H2,1-3H3/q+1. The molecule has 0 radical (unpaired) electrons. The first kappa shape index (κ1) is 33.7. The van der Waals surface area contributed by atoms with Crippen molar-refractivity contribution in [1.82, 2.24) is 0 Å². The number of allylic oxidation sites excluding steroid dienone is 2. The van der Waals surface area contributed by atoms with Crippen molar-refractivity contribution in [1.29, 1.82) is 0 Å². The topological polar surface area (TPSA) is 9.23 Å². The summed E-state index contributed by atoms with van der Waals surface area (Å²) in [7, 11) is -4.59. The van der Waals surface area contributed by atoms with E-state index in [1.165, 1.54) is 26.3 Å². The van der Waals surface area contributed by atoms with Crippen LogP contribution in [0.4, 0.5) is 4.39 Å². The predicted octanol–water partition coefficient (Wildman–Crippen LogP) is 8.97. The Hall–Kier alpha value is -3.62. The number of unbranched alkanes of at least 4 members (excludes halogenated alkanes) is 2. The Balaban J connectivity index is 1.28. The van der Waals surface area contributed by atoms with Crippen LogP contribution in [-0.4, -0.2) is 21.1 Å². The molecule has 0 heterocycles. The number of hydrogen-bond acceptors (Lipinski definition) is 1. The quantitative estimate of drug-likeness (QED) is 0.0666. The molecule has 0 unspecified atom stereocenters. The van der Waals surface area contributed by atoms with E-state index < -0.39 is 15.6 Å². The molecule has 236 valence electrons. The molecule has 0 aromatic heterocycles. The first-order valence-corrected chi connectivity index (χ1v) is 20.4. The average molecular weight is 646 g/mol. The minimum atomic E-state index is -2.55. The number of hydrogen-bond donors (Lipinski definition) is 0.